The zero-order valence-electron chi connectivity index (χ0n) is 17.5. The third kappa shape index (κ3) is 10.2. The monoisotopic (exact) mass is 489 g/mol. The summed E-state index contributed by atoms with van der Waals surface area (Å²) in [4.78, 5) is 26.6. The molecule has 2 N–H and O–H groups in total. The van der Waals surface area contributed by atoms with Gasteiger partial charge in [-0.25, -0.2) is 8.42 Å². The number of rotatable bonds is 14. The molecule has 164 valence electrons. The molecule has 0 bridgehead atoms. The molecule has 0 aliphatic heterocycles. The molecule has 0 heterocycles. The number of Topliss-reactive ketones (excluding diaryl/α,β-unsaturated/α-hetero) is 1. The van der Waals surface area contributed by atoms with E-state index in [4.69, 9.17) is 0 Å². The highest BCUT2D eigenvalue weighted by Gasteiger charge is 2.22. The molecule has 0 spiro atoms. The van der Waals surface area contributed by atoms with Crippen LogP contribution in [0.5, 0.6) is 0 Å². The number of hydrogen-bond acceptors (Lipinski definition) is 5. The zero-order chi connectivity index (χ0) is 21.9. The van der Waals surface area contributed by atoms with E-state index in [9.17, 15) is 18.0 Å². The normalized spacial score (nSPS) is 11.5. The average Bonchev–Trinajstić information content (AvgIpc) is 2.64. The molecule has 1 rings (SSSR count). The van der Waals surface area contributed by atoms with Crippen LogP contribution in [0.4, 0.5) is 5.69 Å². The first-order chi connectivity index (χ1) is 13.7. The fraction of sp³-hybridized carbons (Fsp3) is 0.600. The number of ketones is 1. The van der Waals surface area contributed by atoms with Crippen molar-refractivity contribution in [1.29, 1.82) is 0 Å². The second-order valence-electron chi connectivity index (χ2n) is 7.27. The second-order valence-corrected chi connectivity index (χ2v) is 10.0. The second kappa shape index (κ2) is 13.0. The first-order valence-corrected chi connectivity index (χ1v) is 12.4. The van der Waals surface area contributed by atoms with Gasteiger partial charge in [0.25, 0.3) is 11.7 Å². The first-order valence-electron chi connectivity index (χ1n) is 9.93. The molecule has 0 aliphatic rings. The number of sulfonamides is 1. The van der Waals surface area contributed by atoms with Crippen molar-refractivity contribution in [3.05, 3.63) is 28.2 Å². The quantitative estimate of drug-likeness (QED) is 0.237. The van der Waals surface area contributed by atoms with Gasteiger partial charge in [-0.1, -0.05) is 55.0 Å². The Kier molecular flexibility index (Phi) is 11.4. The molecule has 0 aliphatic carbocycles. The lowest BCUT2D eigenvalue weighted by Gasteiger charge is -2.13. The van der Waals surface area contributed by atoms with Crippen molar-refractivity contribution in [1.82, 2.24) is 10.2 Å². The number of carbonyl (C=O) groups excluding carboxylic acids is 2. The van der Waals surface area contributed by atoms with Gasteiger partial charge in [0.05, 0.1) is 17.0 Å². The summed E-state index contributed by atoms with van der Waals surface area (Å²) in [7, 11) is 0.114. The molecular formula is C20H32BrN3O4S. The summed E-state index contributed by atoms with van der Waals surface area (Å²) in [6, 6.07) is 4.57. The van der Waals surface area contributed by atoms with Crippen LogP contribution in [0.3, 0.4) is 0 Å². The number of unbranched alkanes of at least 4 members (excludes halogenated alkanes) is 5. The molecule has 0 saturated carbocycles. The maximum atomic E-state index is 12.6. The van der Waals surface area contributed by atoms with Gasteiger partial charge in [-0.15, -0.1) is 0 Å². The standard InChI is InChI=1S/C20H32BrN3O4S/c1-4-5-6-7-8-9-14-29(27,28)23-18-11-10-16(21)15-17(18)19(25)20(26)22-12-13-24(2)3/h10-11,15,23H,4-9,12-14H2,1-3H3,(H,22,26). The van der Waals surface area contributed by atoms with Crippen LogP contribution >= 0.6 is 15.9 Å². The number of amides is 1. The lowest BCUT2D eigenvalue weighted by atomic mass is 10.1. The summed E-state index contributed by atoms with van der Waals surface area (Å²) in [6.07, 6.45) is 5.83. The van der Waals surface area contributed by atoms with Crippen LogP contribution < -0.4 is 10.0 Å². The summed E-state index contributed by atoms with van der Waals surface area (Å²) in [5.74, 6) is -1.55. The number of nitrogens with one attached hydrogen (secondary N) is 2. The van der Waals surface area contributed by atoms with Crippen molar-refractivity contribution >= 4 is 43.3 Å². The Morgan fingerprint density at radius 3 is 2.38 bits per heavy atom. The molecule has 0 atom stereocenters. The van der Waals surface area contributed by atoms with Crippen molar-refractivity contribution in [2.24, 2.45) is 0 Å². The molecule has 0 saturated heterocycles. The number of nitrogens with zero attached hydrogens (tertiary/aromatic N) is 1. The average molecular weight is 490 g/mol. The minimum Gasteiger partial charge on any atom is -0.348 e. The van der Waals surface area contributed by atoms with Crippen LogP contribution in [-0.4, -0.2) is 57.9 Å². The van der Waals surface area contributed by atoms with Gasteiger partial charge < -0.3 is 10.2 Å². The predicted molar refractivity (Wildman–Crippen MR) is 121 cm³/mol. The number of carbonyl (C=O) groups is 2. The summed E-state index contributed by atoms with van der Waals surface area (Å²) in [5.41, 5.74) is 0.139. The van der Waals surface area contributed by atoms with Crippen LogP contribution in [0.15, 0.2) is 22.7 Å². The van der Waals surface area contributed by atoms with E-state index in [-0.39, 0.29) is 17.0 Å². The van der Waals surface area contributed by atoms with Gasteiger partial charge in [-0.2, -0.15) is 0 Å². The van der Waals surface area contributed by atoms with Crippen LogP contribution in [0.2, 0.25) is 0 Å². The Morgan fingerprint density at radius 1 is 1.07 bits per heavy atom. The number of halogens is 1. The van der Waals surface area contributed by atoms with Crippen molar-refractivity contribution < 1.29 is 18.0 Å². The van der Waals surface area contributed by atoms with Gasteiger partial charge in [0.2, 0.25) is 10.0 Å². The highest BCUT2D eigenvalue weighted by molar-refractivity contribution is 9.10. The summed E-state index contributed by atoms with van der Waals surface area (Å²) in [5, 5.41) is 2.56. The van der Waals surface area contributed by atoms with E-state index in [0.717, 1.165) is 32.1 Å². The van der Waals surface area contributed by atoms with Gasteiger partial charge in [0.15, 0.2) is 0 Å². The molecule has 29 heavy (non-hydrogen) atoms. The largest absolute Gasteiger partial charge is 0.348 e. The summed E-state index contributed by atoms with van der Waals surface area (Å²) < 4.78 is 27.9. The molecule has 0 aromatic heterocycles. The Morgan fingerprint density at radius 2 is 1.72 bits per heavy atom. The lowest BCUT2D eigenvalue weighted by Crippen LogP contribution is -2.36. The van der Waals surface area contributed by atoms with E-state index >= 15 is 0 Å². The maximum Gasteiger partial charge on any atom is 0.292 e. The Balaban J connectivity index is 2.76. The van der Waals surface area contributed by atoms with Gasteiger partial charge >= 0.3 is 0 Å². The van der Waals surface area contributed by atoms with E-state index in [2.05, 4.69) is 32.9 Å². The molecule has 0 radical (unpaired) electrons. The summed E-state index contributed by atoms with van der Waals surface area (Å²) >= 11 is 3.27. The molecule has 1 aromatic rings. The fourth-order valence-electron chi connectivity index (χ4n) is 2.68. The smallest absolute Gasteiger partial charge is 0.292 e. The van der Waals surface area contributed by atoms with Gasteiger partial charge in [0, 0.05) is 17.6 Å². The Hall–Kier alpha value is -1.45. The molecule has 0 fully saturated rings. The van der Waals surface area contributed by atoms with Crippen LogP contribution in [-0.2, 0) is 14.8 Å². The maximum absolute atomic E-state index is 12.6. The summed E-state index contributed by atoms with van der Waals surface area (Å²) in [6.45, 7) is 3.05. The van der Waals surface area contributed by atoms with E-state index in [1.165, 1.54) is 12.1 Å². The van der Waals surface area contributed by atoms with Gasteiger partial charge in [0.1, 0.15) is 0 Å². The van der Waals surface area contributed by atoms with E-state index in [0.29, 0.717) is 24.0 Å². The van der Waals surface area contributed by atoms with E-state index in [1.54, 1.807) is 6.07 Å². The number of hydrogen-bond donors (Lipinski definition) is 2. The van der Waals surface area contributed by atoms with E-state index < -0.39 is 21.7 Å². The molecule has 1 amide bonds. The predicted octanol–water partition coefficient (Wildman–Crippen LogP) is 3.41. The topological polar surface area (TPSA) is 95.6 Å². The van der Waals surface area contributed by atoms with Crippen LogP contribution in [0.1, 0.15) is 55.8 Å². The van der Waals surface area contributed by atoms with Crippen molar-refractivity contribution in [2.75, 3.05) is 37.7 Å². The molecule has 7 nitrogen and oxygen atoms in total. The molecular weight excluding hydrogens is 458 g/mol. The first kappa shape index (κ1) is 25.6. The van der Waals surface area contributed by atoms with Crippen LogP contribution in [0, 0.1) is 0 Å². The number of benzene rings is 1. The SMILES string of the molecule is CCCCCCCCS(=O)(=O)Nc1ccc(Br)cc1C(=O)C(=O)NCCN(C)C. The van der Waals surface area contributed by atoms with Crippen molar-refractivity contribution in [3.63, 3.8) is 0 Å². The van der Waals surface area contributed by atoms with E-state index in [1.807, 2.05) is 19.0 Å². The molecule has 9 heteroatoms. The Labute approximate surface area is 182 Å². The van der Waals surface area contributed by atoms with Crippen molar-refractivity contribution in [2.45, 2.75) is 45.4 Å². The zero-order valence-corrected chi connectivity index (χ0v) is 19.9. The van der Waals surface area contributed by atoms with Crippen LogP contribution in [0.25, 0.3) is 0 Å². The third-order valence-electron chi connectivity index (χ3n) is 4.31. The minimum absolute atomic E-state index is 0.0160. The third-order valence-corrected chi connectivity index (χ3v) is 6.16. The lowest BCUT2D eigenvalue weighted by molar-refractivity contribution is -0.117. The Bertz CT molecular complexity index is 782. The minimum atomic E-state index is -3.61. The molecule has 0 unspecified atom stereocenters. The van der Waals surface area contributed by atoms with Gasteiger partial charge in [-0.05, 0) is 38.7 Å². The number of anilines is 1. The molecule has 1 aromatic carbocycles. The number of likely N-dealkylation sites (N-methyl/N-ethyl adjacent to an activating group) is 1. The van der Waals surface area contributed by atoms with Gasteiger partial charge in [-0.3, -0.25) is 14.3 Å². The van der Waals surface area contributed by atoms with Crippen molar-refractivity contribution in [3.8, 4) is 0 Å². The highest BCUT2D eigenvalue weighted by Crippen LogP contribution is 2.23. The fourth-order valence-corrected chi connectivity index (χ4v) is 4.24. The highest BCUT2D eigenvalue weighted by atomic mass is 79.9.